The molecule has 6 N–H and O–H groups in total. The molecular formula is C37H39F3N16O3S. The van der Waals surface area contributed by atoms with E-state index in [4.69, 9.17) is 4.98 Å². The van der Waals surface area contributed by atoms with Gasteiger partial charge in [0.15, 0.2) is 22.9 Å². The molecule has 6 aromatic heterocycles. The van der Waals surface area contributed by atoms with Crippen molar-refractivity contribution in [3.05, 3.63) is 60.2 Å². The van der Waals surface area contributed by atoms with E-state index in [-0.39, 0.29) is 23.3 Å². The second-order valence-electron chi connectivity index (χ2n) is 16.3. The fraction of sp³-hybridized carbons (Fsp3) is 0.432. The van der Waals surface area contributed by atoms with Crippen molar-refractivity contribution in [2.45, 2.75) is 62.0 Å². The molecule has 0 spiro atoms. The van der Waals surface area contributed by atoms with Crippen LogP contribution in [0.5, 0.6) is 0 Å². The molecule has 3 saturated carbocycles. The second kappa shape index (κ2) is 13.7. The van der Waals surface area contributed by atoms with Crippen molar-refractivity contribution in [3.63, 3.8) is 0 Å². The van der Waals surface area contributed by atoms with Gasteiger partial charge in [-0.2, -0.15) is 43.3 Å². The summed E-state index contributed by atoms with van der Waals surface area (Å²) >= 11 is 0. The number of amides is 1. The number of nitrogens with one attached hydrogen (secondary N) is 6. The predicted molar refractivity (Wildman–Crippen MR) is 213 cm³/mol. The number of hydrogen-bond donors (Lipinski definition) is 6. The van der Waals surface area contributed by atoms with Gasteiger partial charge in [-0.1, -0.05) is 0 Å². The molecule has 312 valence electrons. The van der Waals surface area contributed by atoms with Crippen LogP contribution in [-0.2, 0) is 14.8 Å². The number of piperidine rings is 2. The molecule has 2 aliphatic heterocycles. The molecular weight excluding hydrogens is 806 g/mol. The van der Waals surface area contributed by atoms with E-state index >= 15 is 0 Å². The summed E-state index contributed by atoms with van der Waals surface area (Å²) in [7, 11) is -3.23. The molecule has 0 bridgehead atoms. The van der Waals surface area contributed by atoms with Crippen LogP contribution in [0.4, 0.5) is 48.3 Å². The molecule has 5 aliphatic rings. The molecule has 60 heavy (non-hydrogen) atoms. The van der Waals surface area contributed by atoms with Crippen molar-refractivity contribution >= 4 is 73.2 Å². The number of halogens is 3. The normalized spacial score (nSPS) is 24.1. The number of carbonyl (C=O) groups is 1. The molecule has 2 unspecified atom stereocenters. The number of fused-ring (bicyclic) bond motifs is 4. The Morgan fingerprint density at radius 1 is 0.783 bits per heavy atom. The Bertz CT molecular complexity index is 2780. The Labute approximate surface area is 339 Å². The molecule has 19 nitrogen and oxygen atoms in total. The molecule has 23 heteroatoms. The second-order valence-corrected chi connectivity index (χ2v) is 18.3. The molecule has 3 aliphatic carbocycles. The van der Waals surface area contributed by atoms with Crippen molar-refractivity contribution in [1.29, 1.82) is 0 Å². The number of sulfonamides is 1. The van der Waals surface area contributed by atoms with Crippen LogP contribution in [0.1, 0.15) is 37.1 Å². The summed E-state index contributed by atoms with van der Waals surface area (Å²) in [5.74, 6) is 1.55. The van der Waals surface area contributed by atoms with Crippen LogP contribution in [0, 0.1) is 25.7 Å². The van der Waals surface area contributed by atoms with E-state index in [9.17, 15) is 26.4 Å². The van der Waals surface area contributed by atoms with Gasteiger partial charge >= 0.3 is 12.1 Å². The summed E-state index contributed by atoms with van der Waals surface area (Å²) < 4.78 is 65.9. The molecule has 6 aromatic rings. The summed E-state index contributed by atoms with van der Waals surface area (Å²) in [4.78, 5) is 42.4. The minimum atomic E-state index is -4.91. The van der Waals surface area contributed by atoms with E-state index in [2.05, 4.69) is 70.9 Å². The highest BCUT2D eigenvalue weighted by Crippen LogP contribution is 2.52. The maximum absolute atomic E-state index is 12.7. The number of rotatable bonds is 10. The van der Waals surface area contributed by atoms with E-state index in [0.29, 0.717) is 77.3 Å². The van der Waals surface area contributed by atoms with Crippen LogP contribution in [0.25, 0.3) is 22.1 Å². The minimum absolute atomic E-state index is 0.0720. The maximum Gasteiger partial charge on any atom is 0.471 e. The molecule has 0 radical (unpaired) electrons. The standard InChI is InChI=1S/C19H22N8O2S.C18H17F3N8O/c1-11-7-15(25-24-11)21-17-14-3-2-6-20-16(14)22-18(23-17)27-9-12-8-19(12,10-27)26-30(28,29)13-4-5-13;1-9-5-12(28-27-9)23-14-11-3-2-4-22-13(11)24-16(25-14)29-7-10-6-17(10,8-29)26-15(30)18(19,20)21/h2-3,6-7,12-13,26H,4-5,8-10H2,1H3,(H2,20,21,22,23,24,25);2-5,10H,6-8H2,1H3,(H,26,30)(H2,22,23,24,25,27,28)/t12?,19-;10?,17-/m11/s1. The van der Waals surface area contributed by atoms with Crippen molar-refractivity contribution in [2.75, 3.05) is 46.6 Å². The van der Waals surface area contributed by atoms with Gasteiger partial charge < -0.3 is 25.8 Å². The first-order valence-corrected chi connectivity index (χ1v) is 21.0. The molecule has 5 fully saturated rings. The molecule has 1 amide bonds. The smallest absolute Gasteiger partial charge is 0.341 e. The minimum Gasteiger partial charge on any atom is -0.341 e. The third kappa shape index (κ3) is 7.24. The van der Waals surface area contributed by atoms with Gasteiger partial charge in [0.2, 0.25) is 21.9 Å². The van der Waals surface area contributed by atoms with Crippen LogP contribution >= 0.6 is 0 Å². The van der Waals surface area contributed by atoms with Crippen LogP contribution in [-0.4, -0.2) is 113 Å². The topological polar surface area (TPSA) is 241 Å². The fourth-order valence-corrected chi connectivity index (χ4v) is 10.1. The lowest BCUT2D eigenvalue weighted by Crippen LogP contribution is -2.48. The number of aryl methyl sites for hydroxylation is 2. The summed E-state index contributed by atoms with van der Waals surface area (Å²) in [6.07, 6.45) is 1.31. The highest BCUT2D eigenvalue weighted by Gasteiger charge is 2.64. The Kier molecular flexibility index (Phi) is 8.65. The van der Waals surface area contributed by atoms with Crippen LogP contribution in [0.3, 0.4) is 0 Å². The molecule has 0 aromatic carbocycles. The number of anilines is 6. The Morgan fingerprint density at radius 2 is 1.28 bits per heavy atom. The Balaban J connectivity index is 0.000000144. The zero-order valence-corrected chi connectivity index (χ0v) is 33.1. The first-order valence-electron chi connectivity index (χ1n) is 19.4. The number of hydrogen-bond acceptors (Lipinski definition) is 15. The first kappa shape index (κ1) is 38.0. The monoisotopic (exact) mass is 844 g/mol. The molecule has 4 atom stereocenters. The first-order chi connectivity index (χ1) is 28.7. The average molecular weight is 845 g/mol. The third-order valence-electron chi connectivity index (χ3n) is 11.6. The number of pyridine rings is 2. The van der Waals surface area contributed by atoms with E-state index in [1.54, 1.807) is 23.4 Å². The van der Waals surface area contributed by atoms with Gasteiger partial charge in [-0.15, -0.1) is 0 Å². The summed E-state index contributed by atoms with van der Waals surface area (Å²) in [6, 6.07) is 11.1. The third-order valence-corrected chi connectivity index (χ3v) is 13.6. The van der Waals surface area contributed by atoms with Gasteiger partial charge in [-0.3, -0.25) is 15.0 Å². The maximum atomic E-state index is 12.7. The number of carbonyl (C=O) groups excluding carboxylic acids is 1. The summed E-state index contributed by atoms with van der Waals surface area (Å²) in [6.45, 7) is 5.77. The zero-order valence-electron chi connectivity index (χ0n) is 32.2. The van der Waals surface area contributed by atoms with Gasteiger partial charge in [0, 0.05) is 68.0 Å². The quantitative estimate of drug-likeness (QED) is 0.116. The van der Waals surface area contributed by atoms with Crippen LogP contribution in [0.15, 0.2) is 48.8 Å². The highest BCUT2D eigenvalue weighted by atomic mass is 32.2. The number of aromatic nitrogens is 10. The number of H-pyrrole nitrogens is 2. The largest absolute Gasteiger partial charge is 0.471 e. The van der Waals surface area contributed by atoms with E-state index < -0.39 is 27.6 Å². The van der Waals surface area contributed by atoms with Crippen molar-refractivity contribution < 1.29 is 26.4 Å². The lowest BCUT2D eigenvalue weighted by atomic mass is 10.2. The van der Waals surface area contributed by atoms with E-state index in [0.717, 1.165) is 42.6 Å². The Morgan fingerprint density at radius 3 is 1.77 bits per heavy atom. The van der Waals surface area contributed by atoms with Crippen LogP contribution < -0.4 is 30.5 Å². The van der Waals surface area contributed by atoms with Crippen molar-refractivity contribution in [2.24, 2.45) is 11.8 Å². The van der Waals surface area contributed by atoms with Gasteiger partial charge in [-0.05, 0) is 69.7 Å². The Hall–Kier alpha value is -6.23. The SMILES string of the molecule is Cc1cc(Nc2nc(N3CC4C[C@@]4(NC(=O)C(F)(F)F)C3)nc3ncccc23)n[nH]1.Cc1cc(Nc2nc(N3CC4C[C@@]4(NS(=O)(=O)C4CC4)C3)nc3ncccc23)n[nH]1. The van der Waals surface area contributed by atoms with Crippen LogP contribution in [0.2, 0.25) is 0 Å². The van der Waals surface area contributed by atoms with Gasteiger partial charge in [0.25, 0.3) is 0 Å². The molecule has 8 heterocycles. The molecule has 2 saturated heterocycles. The van der Waals surface area contributed by atoms with E-state index in [1.807, 2.05) is 44.2 Å². The number of nitrogens with zero attached hydrogens (tertiary/aromatic N) is 10. The summed E-state index contributed by atoms with van der Waals surface area (Å²) in [5.41, 5.74) is 1.59. The average Bonchev–Trinajstić information content (AvgIpc) is 4.14. The fourth-order valence-electron chi connectivity index (χ4n) is 8.25. The van der Waals surface area contributed by atoms with Crippen molar-refractivity contribution in [1.82, 2.24) is 60.3 Å². The zero-order chi connectivity index (χ0) is 41.6. The van der Waals surface area contributed by atoms with Gasteiger partial charge in [0.1, 0.15) is 11.6 Å². The number of alkyl halides is 3. The predicted octanol–water partition coefficient (Wildman–Crippen LogP) is 3.52. The van der Waals surface area contributed by atoms with Gasteiger partial charge in [0.05, 0.1) is 27.1 Å². The van der Waals surface area contributed by atoms with Crippen molar-refractivity contribution in [3.8, 4) is 0 Å². The highest BCUT2D eigenvalue weighted by molar-refractivity contribution is 7.90. The lowest BCUT2D eigenvalue weighted by Gasteiger charge is -2.23. The molecule has 11 rings (SSSR count). The van der Waals surface area contributed by atoms with Gasteiger partial charge in [-0.25, -0.2) is 23.1 Å². The van der Waals surface area contributed by atoms with E-state index in [1.165, 1.54) is 0 Å². The summed E-state index contributed by atoms with van der Waals surface area (Å²) in [5, 5.41) is 24.0. The lowest BCUT2D eigenvalue weighted by molar-refractivity contribution is -0.174. The number of aromatic amines is 2.